The second-order valence-electron chi connectivity index (χ2n) is 15.7. The zero-order valence-corrected chi connectivity index (χ0v) is 41.1. The zero-order chi connectivity index (χ0) is 47.0. The van der Waals surface area contributed by atoms with Gasteiger partial charge in [0.1, 0.15) is 23.0 Å². The molecule has 0 heterocycles. The van der Waals surface area contributed by atoms with Crippen molar-refractivity contribution in [3.8, 4) is 23.0 Å². The quantitative estimate of drug-likeness (QED) is 0.0949. The predicted molar refractivity (Wildman–Crippen MR) is 287 cm³/mol. The van der Waals surface area contributed by atoms with E-state index < -0.39 is 0 Å². The maximum atomic E-state index is 5.63. The van der Waals surface area contributed by atoms with Crippen molar-refractivity contribution in [1.29, 1.82) is 0 Å². The fourth-order valence-electron chi connectivity index (χ4n) is 8.26. The molecule has 0 N–H and O–H groups in total. The van der Waals surface area contributed by atoms with Crippen LogP contribution in [0, 0.1) is 0 Å². The van der Waals surface area contributed by atoms with Gasteiger partial charge in [0.05, 0.1) is 28.4 Å². The molecule has 0 aliphatic rings. The van der Waals surface area contributed by atoms with Crippen LogP contribution >= 0.6 is 31.9 Å². The summed E-state index contributed by atoms with van der Waals surface area (Å²) in [6.07, 6.45) is 0. The van der Waals surface area contributed by atoms with Gasteiger partial charge in [-0.25, -0.2) is 0 Å². The van der Waals surface area contributed by atoms with E-state index in [2.05, 4.69) is 209 Å². The van der Waals surface area contributed by atoms with Crippen molar-refractivity contribution >= 4 is 100 Å². The second kappa shape index (κ2) is 20.9. The van der Waals surface area contributed by atoms with Crippen molar-refractivity contribution in [3.63, 3.8) is 0 Å². The van der Waals surface area contributed by atoms with E-state index >= 15 is 0 Å². The lowest BCUT2D eigenvalue weighted by molar-refractivity contribution is 0.414. The van der Waals surface area contributed by atoms with Crippen LogP contribution in [0.25, 0.3) is 0 Å². The number of methoxy groups -OCH3 is 4. The lowest BCUT2D eigenvalue weighted by Gasteiger charge is -2.31. The van der Waals surface area contributed by atoms with Crippen LogP contribution < -0.4 is 38.5 Å². The lowest BCUT2D eigenvalue weighted by atomic mass is 10.1. The standard InChI is InChI=1S/C58H48Br2N4O4/c1-65-55-28-20-43(21-29-55)61(47-12-5-10-41(59)36-47)49-14-7-16-51(38-49)63(45-24-32-57(67-3)33-25-45)53-18-9-19-54(40-53)64(46-26-34-58(68-4)35-27-46)52-17-8-15-50(39-52)62(48-13-6-11-42(60)37-48)44-22-30-56(66-2)31-23-44/h5-40H,1-4H3. The highest BCUT2D eigenvalue weighted by Gasteiger charge is 2.22. The van der Waals surface area contributed by atoms with Crippen LogP contribution in [-0.2, 0) is 0 Å². The maximum absolute atomic E-state index is 5.63. The molecule has 0 fully saturated rings. The number of hydrogen-bond donors (Lipinski definition) is 0. The molecule has 8 nitrogen and oxygen atoms in total. The number of anilines is 12. The second-order valence-corrected chi connectivity index (χ2v) is 17.5. The molecule has 0 aliphatic carbocycles. The first-order valence-corrected chi connectivity index (χ1v) is 23.5. The van der Waals surface area contributed by atoms with Gasteiger partial charge in [-0.2, -0.15) is 0 Å². The highest BCUT2D eigenvalue weighted by molar-refractivity contribution is 9.10. The molecule has 0 bridgehead atoms. The fraction of sp³-hybridized carbons (Fsp3) is 0.0690. The number of nitrogens with zero attached hydrogens (tertiary/aromatic N) is 4. The molecule has 10 heteroatoms. The van der Waals surface area contributed by atoms with Gasteiger partial charge < -0.3 is 38.5 Å². The van der Waals surface area contributed by atoms with E-state index in [0.717, 1.165) is 100 Å². The normalized spacial score (nSPS) is 10.8. The van der Waals surface area contributed by atoms with Gasteiger partial charge in [-0.05, 0) is 188 Å². The van der Waals surface area contributed by atoms with Gasteiger partial charge in [-0.15, -0.1) is 0 Å². The van der Waals surface area contributed by atoms with Gasteiger partial charge in [0.2, 0.25) is 0 Å². The van der Waals surface area contributed by atoms with Crippen molar-refractivity contribution in [2.75, 3.05) is 48.0 Å². The molecule has 0 aromatic heterocycles. The van der Waals surface area contributed by atoms with Gasteiger partial charge in [0.25, 0.3) is 0 Å². The third-order valence-electron chi connectivity index (χ3n) is 11.5. The van der Waals surface area contributed by atoms with Crippen molar-refractivity contribution in [3.05, 3.63) is 227 Å². The van der Waals surface area contributed by atoms with E-state index in [0.29, 0.717) is 0 Å². The first-order chi connectivity index (χ1) is 33.3. The molecule has 0 radical (unpaired) electrons. The van der Waals surface area contributed by atoms with E-state index in [1.807, 2.05) is 60.7 Å². The minimum Gasteiger partial charge on any atom is -0.497 e. The molecule has 0 unspecified atom stereocenters. The number of halogens is 2. The monoisotopic (exact) mass is 1020 g/mol. The van der Waals surface area contributed by atoms with Crippen LogP contribution in [0.2, 0.25) is 0 Å². The van der Waals surface area contributed by atoms with Crippen LogP contribution in [0.4, 0.5) is 68.2 Å². The van der Waals surface area contributed by atoms with Gasteiger partial charge in [0.15, 0.2) is 0 Å². The minimum absolute atomic E-state index is 0.772. The van der Waals surface area contributed by atoms with Gasteiger partial charge in [-0.1, -0.05) is 62.2 Å². The summed E-state index contributed by atoms with van der Waals surface area (Å²) in [6.45, 7) is 0. The Labute approximate surface area is 415 Å². The van der Waals surface area contributed by atoms with Crippen molar-refractivity contribution in [2.45, 2.75) is 0 Å². The van der Waals surface area contributed by atoms with Crippen molar-refractivity contribution in [1.82, 2.24) is 0 Å². The van der Waals surface area contributed by atoms with Crippen LogP contribution in [0.5, 0.6) is 23.0 Å². The van der Waals surface area contributed by atoms with Crippen LogP contribution in [0.3, 0.4) is 0 Å². The third kappa shape index (κ3) is 10.0. The van der Waals surface area contributed by atoms with E-state index in [-0.39, 0.29) is 0 Å². The van der Waals surface area contributed by atoms with Crippen LogP contribution in [-0.4, -0.2) is 28.4 Å². The Hall–Kier alpha value is -7.66. The SMILES string of the molecule is COc1ccc(N(c2cccc(Br)c2)c2cccc(N(c3ccc(OC)cc3)c3cccc(N(c4ccc(OC)cc4)c4cccc(N(c5ccc(OC)cc5)c5cccc(Br)c5)c4)c3)c2)cc1. The Bertz CT molecular complexity index is 2910. The Morgan fingerprint density at radius 1 is 0.235 bits per heavy atom. The van der Waals surface area contributed by atoms with Crippen LogP contribution in [0.15, 0.2) is 227 Å². The van der Waals surface area contributed by atoms with E-state index in [1.54, 1.807) is 28.4 Å². The number of hydrogen-bond acceptors (Lipinski definition) is 8. The zero-order valence-electron chi connectivity index (χ0n) is 38.0. The molecule has 0 spiro atoms. The molecule has 9 aromatic carbocycles. The molecule has 68 heavy (non-hydrogen) atoms. The summed E-state index contributed by atoms with van der Waals surface area (Å²) in [6, 6.07) is 75.1. The molecular formula is C58H48Br2N4O4. The molecule has 9 rings (SSSR count). The van der Waals surface area contributed by atoms with Crippen molar-refractivity contribution < 1.29 is 18.9 Å². The number of rotatable bonds is 16. The fourth-order valence-corrected chi connectivity index (χ4v) is 9.03. The first-order valence-electron chi connectivity index (χ1n) is 21.9. The summed E-state index contributed by atoms with van der Waals surface area (Å²) in [5.41, 5.74) is 11.7. The van der Waals surface area contributed by atoms with E-state index in [4.69, 9.17) is 18.9 Å². The molecule has 0 amide bonds. The Morgan fingerprint density at radius 3 is 0.618 bits per heavy atom. The van der Waals surface area contributed by atoms with Gasteiger partial charge >= 0.3 is 0 Å². The minimum atomic E-state index is 0.772. The number of benzene rings is 9. The Balaban J connectivity index is 1.19. The Morgan fingerprint density at radius 2 is 0.426 bits per heavy atom. The molecule has 0 saturated heterocycles. The largest absolute Gasteiger partial charge is 0.497 e. The first kappa shape index (κ1) is 45.5. The highest BCUT2D eigenvalue weighted by Crippen LogP contribution is 2.45. The predicted octanol–water partition coefficient (Wildman–Crippen LogP) is 17.1. The summed E-state index contributed by atoms with van der Waals surface area (Å²) in [5.74, 6) is 3.12. The maximum Gasteiger partial charge on any atom is 0.119 e. The molecule has 0 atom stereocenters. The molecule has 0 saturated carbocycles. The van der Waals surface area contributed by atoms with E-state index in [9.17, 15) is 0 Å². The van der Waals surface area contributed by atoms with E-state index in [1.165, 1.54) is 0 Å². The smallest absolute Gasteiger partial charge is 0.119 e. The lowest BCUT2D eigenvalue weighted by Crippen LogP contribution is -2.15. The molecule has 0 aliphatic heterocycles. The topological polar surface area (TPSA) is 49.9 Å². The highest BCUT2D eigenvalue weighted by atomic mass is 79.9. The van der Waals surface area contributed by atoms with Gasteiger partial charge in [0, 0.05) is 77.2 Å². The number of ether oxygens (including phenoxy) is 4. The third-order valence-corrected chi connectivity index (χ3v) is 12.5. The molecule has 338 valence electrons. The summed E-state index contributed by atoms with van der Waals surface area (Å²) < 4.78 is 24.3. The summed E-state index contributed by atoms with van der Waals surface area (Å²) in [4.78, 5) is 9.05. The summed E-state index contributed by atoms with van der Waals surface area (Å²) >= 11 is 7.45. The average molecular weight is 1020 g/mol. The Kier molecular flexibility index (Phi) is 14.0. The van der Waals surface area contributed by atoms with Gasteiger partial charge in [-0.3, -0.25) is 0 Å². The molecular weight excluding hydrogens is 976 g/mol. The molecule has 9 aromatic rings. The average Bonchev–Trinajstić information content (AvgIpc) is 3.38. The van der Waals surface area contributed by atoms with Crippen molar-refractivity contribution in [2.24, 2.45) is 0 Å². The van der Waals surface area contributed by atoms with Crippen LogP contribution in [0.1, 0.15) is 0 Å². The summed E-state index contributed by atoms with van der Waals surface area (Å²) in [7, 11) is 6.74. The summed E-state index contributed by atoms with van der Waals surface area (Å²) in [5, 5.41) is 0.